The number of rotatable bonds is 0. The largest absolute Gasteiger partial charge is 0.481 e. The number of nitrogens with one attached hydrogen (secondary N) is 2. The van der Waals surface area contributed by atoms with Gasteiger partial charge in [-0.05, 0) is 0 Å². The summed E-state index contributed by atoms with van der Waals surface area (Å²) >= 11 is 0. The zero-order valence-corrected chi connectivity index (χ0v) is 4.44. The Balaban J connectivity index is 2.56. The Bertz CT molecular complexity index is 136. The van der Waals surface area contributed by atoms with Crippen LogP contribution in [0, 0.1) is 0 Å². The van der Waals surface area contributed by atoms with Crippen molar-refractivity contribution in [3.63, 3.8) is 0 Å². The lowest BCUT2D eigenvalue weighted by molar-refractivity contribution is 0.0224. The van der Waals surface area contributed by atoms with Crippen LogP contribution in [0.25, 0.3) is 0 Å². The van der Waals surface area contributed by atoms with Crippen LogP contribution in [0.3, 0.4) is 0 Å². The summed E-state index contributed by atoms with van der Waals surface area (Å²) in [7, 11) is 0. The van der Waals surface area contributed by atoms with Crippen LogP contribution < -0.4 is 10.6 Å². The van der Waals surface area contributed by atoms with Gasteiger partial charge in [-0.2, -0.15) is 4.99 Å². The van der Waals surface area contributed by atoms with Crippen molar-refractivity contribution in [1.82, 2.24) is 10.6 Å². The van der Waals surface area contributed by atoms with Gasteiger partial charge in [0.1, 0.15) is 0 Å². The molecule has 0 saturated heterocycles. The highest BCUT2D eigenvalue weighted by Crippen LogP contribution is 1.87. The summed E-state index contributed by atoms with van der Waals surface area (Å²) < 4.78 is 0. The van der Waals surface area contributed by atoms with Gasteiger partial charge in [-0.25, -0.2) is 5.32 Å². The second kappa shape index (κ2) is 2.18. The van der Waals surface area contributed by atoms with Crippen LogP contribution in [-0.2, 0) is 0 Å². The average Bonchev–Trinajstić information content (AvgIpc) is 1.59. The van der Waals surface area contributed by atoms with Crippen LogP contribution in [0.15, 0.2) is 4.99 Å². The third kappa shape index (κ3) is 1.53. The Morgan fingerprint density at radius 1 is 1.44 bits per heavy atom. The predicted octanol–water partition coefficient (Wildman–Crippen LogP) is -2.36. The fraction of sp³-hybridized carbons (Fsp3) is 0.667. The Morgan fingerprint density at radius 2 is 2.11 bits per heavy atom. The van der Waals surface area contributed by atoms with Crippen molar-refractivity contribution < 1.29 is 15.3 Å². The molecule has 1 aliphatic heterocycles. The summed E-state index contributed by atoms with van der Waals surface area (Å²) in [5.74, 6) is 0. The first-order chi connectivity index (χ1) is 4.18. The molecule has 0 aromatic heterocycles. The van der Waals surface area contributed by atoms with Gasteiger partial charge < -0.3 is 20.6 Å². The van der Waals surface area contributed by atoms with Crippen molar-refractivity contribution in [2.24, 2.45) is 4.99 Å². The Morgan fingerprint density at radius 3 is 2.56 bits per heavy atom. The summed E-state index contributed by atoms with van der Waals surface area (Å²) in [4.78, 5) is 3.18. The van der Waals surface area contributed by atoms with E-state index in [9.17, 15) is 0 Å². The van der Waals surface area contributed by atoms with Crippen molar-refractivity contribution >= 4 is 6.02 Å². The van der Waals surface area contributed by atoms with Gasteiger partial charge in [-0.3, -0.25) is 0 Å². The number of aliphatic imine (C=N–C) groups is 1. The highest BCUT2D eigenvalue weighted by Gasteiger charge is 2.15. The molecule has 0 aromatic carbocycles. The highest BCUT2D eigenvalue weighted by atomic mass is 16.4. The first-order valence-electron chi connectivity index (χ1n) is 2.34. The van der Waals surface area contributed by atoms with E-state index in [0.29, 0.717) is 0 Å². The van der Waals surface area contributed by atoms with Crippen LogP contribution in [0.4, 0.5) is 0 Å². The minimum atomic E-state index is -1.23. The topological polar surface area (TPSA) is 97.1 Å². The third-order valence-corrected chi connectivity index (χ3v) is 0.817. The highest BCUT2D eigenvalue weighted by molar-refractivity contribution is 5.71. The van der Waals surface area contributed by atoms with Gasteiger partial charge in [-0.1, -0.05) is 0 Å². The molecule has 6 heteroatoms. The van der Waals surface area contributed by atoms with Crippen LogP contribution >= 0.6 is 0 Å². The van der Waals surface area contributed by atoms with Gasteiger partial charge in [-0.15, -0.1) is 0 Å². The van der Waals surface area contributed by atoms with Crippen molar-refractivity contribution in [1.29, 1.82) is 0 Å². The van der Waals surface area contributed by atoms with E-state index in [2.05, 4.69) is 15.6 Å². The molecule has 5 N–H and O–H groups in total. The van der Waals surface area contributed by atoms with Crippen molar-refractivity contribution in [3.8, 4) is 0 Å². The minimum absolute atomic E-state index is 0.478. The van der Waals surface area contributed by atoms with E-state index in [-0.39, 0.29) is 0 Å². The molecule has 1 aliphatic rings. The molecule has 0 aromatic rings. The molecule has 0 fully saturated rings. The first-order valence-corrected chi connectivity index (χ1v) is 2.34. The van der Waals surface area contributed by atoms with E-state index in [1.54, 1.807) is 0 Å². The molecule has 0 saturated carbocycles. The van der Waals surface area contributed by atoms with E-state index in [1.165, 1.54) is 0 Å². The van der Waals surface area contributed by atoms with Crippen LogP contribution in [-0.4, -0.2) is 34.0 Å². The molecule has 0 radical (unpaired) electrons. The Labute approximate surface area is 50.8 Å². The molecule has 0 spiro atoms. The standard InChI is InChI=1S/C3H7N3O3/c7-1-4-2(8)6-3(9)5-1/h1-2,4,7-8H,(H2,5,6,9). The number of amidine groups is 1. The SMILES string of the molecule is OC1=NC(O)NC(O)N1. The summed E-state index contributed by atoms with van der Waals surface area (Å²) in [5, 5.41) is 30.0. The summed E-state index contributed by atoms with van der Waals surface area (Å²) in [6.07, 6.45) is -2.38. The average molecular weight is 133 g/mol. The molecule has 2 atom stereocenters. The zero-order valence-electron chi connectivity index (χ0n) is 4.44. The monoisotopic (exact) mass is 133 g/mol. The lowest BCUT2D eigenvalue weighted by Crippen LogP contribution is -2.53. The van der Waals surface area contributed by atoms with Crippen LogP contribution in [0.5, 0.6) is 0 Å². The van der Waals surface area contributed by atoms with E-state index < -0.39 is 18.7 Å². The van der Waals surface area contributed by atoms with E-state index in [4.69, 9.17) is 15.3 Å². The smallest absolute Gasteiger partial charge is 0.288 e. The van der Waals surface area contributed by atoms with Crippen molar-refractivity contribution in [2.75, 3.05) is 0 Å². The molecule has 0 aliphatic carbocycles. The van der Waals surface area contributed by atoms with Gasteiger partial charge in [0.15, 0.2) is 6.35 Å². The molecule has 0 bridgehead atoms. The Hall–Kier alpha value is -0.850. The van der Waals surface area contributed by atoms with Crippen molar-refractivity contribution in [2.45, 2.75) is 12.7 Å². The maximum Gasteiger partial charge on any atom is 0.288 e. The summed E-state index contributed by atoms with van der Waals surface area (Å²) in [5.41, 5.74) is 0. The number of nitrogens with zero attached hydrogens (tertiary/aromatic N) is 1. The first kappa shape index (κ1) is 6.27. The van der Waals surface area contributed by atoms with E-state index >= 15 is 0 Å². The molecule has 0 amide bonds. The number of hydrogen-bond acceptors (Lipinski definition) is 5. The normalized spacial score (nSPS) is 35.1. The molecule has 1 rings (SSSR count). The second-order valence-electron chi connectivity index (χ2n) is 1.54. The lowest BCUT2D eigenvalue weighted by atomic mass is 10.7. The van der Waals surface area contributed by atoms with Gasteiger partial charge in [0.2, 0.25) is 6.35 Å². The zero-order chi connectivity index (χ0) is 6.85. The van der Waals surface area contributed by atoms with Crippen molar-refractivity contribution in [3.05, 3.63) is 0 Å². The fourth-order valence-corrected chi connectivity index (χ4v) is 0.496. The fourth-order valence-electron chi connectivity index (χ4n) is 0.496. The maximum absolute atomic E-state index is 8.63. The molecule has 1 heterocycles. The van der Waals surface area contributed by atoms with E-state index in [1.807, 2.05) is 0 Å². The third-order valence-electron chi connectivity index (χ3n) is 0.817. The van der Waals surface area contributed by atoms with Gasteiger partial charge >= 0.3 is 0 Å². The van der Waals surface area contributed by atoms with Crippen LogP contribution in [0.2, 0.25) is 0 Å². The predicted molar refractivity (Wildman–Crippen MR) is 28.3 cm³/mol. The molecule has 6 nitrogen and oxygen atoms in total. The Kier molecular flexibility index (Phi) is 1.52. The number of aliphatic hydroxyl groups is 3. The number of hydrogen-bond donors (Lipinski definition) is 5. The van der Waals surface area contributed by atoms with Crippen LogP contribution in [0.1, 0.15) is 0 Å². The second-order valence-corrected chi connectivity index (χ2v) is 1.54. The minimum Gasteiger partial charge on any atom is -0.481 e. The maximum atomic E-state index is 8.63. The molecule has 9 heavy (non-hydrogen) atoms. The summed E-state index contributed by atoms with van der Waals surface area (Å²) in [6, 6.07) is -0.478. The van der Waals surface area contributed by atoms with E-state index in [0.717, 1.165) is 0 Å². The molecular weight excluding hydrogens is 126 g/mol. The number of aliphatic hydroxyl groups excluding tert-OH is 3. The molecular formula is C3H7N3O3. The molecule has 2 unspecified atom stereocenters. The molecule has 52 valence electrons. The quantitative estimate of drug-likeness (QED) is 0.255. The summed E-state index contributed by atoms with van der Waals surface area (Å²) in [6.45, 7) is 0. The van der Waals surface area contributed by atoms with Gasteiger partial charge in [0.05, 0.1) is 0 Å². The van der Waals surface area contributed by atoms with Gasteiger partial charge in [0.25, 0.3) is 6.02 Å². The van der Waals surface area contributed by atoms with Gasteiger partial charge in [0, 0.05) is 0 Å². The lowest BCUT2D eigenvalue weighted by Gasteiger charge is -2.20.